The van der Waals surface area contributed by atoms with Gasteiger partial charge in [0, 0.05) is 6.42 Å². The number of aliphatic hydroxyl groups excluding tert-OH is 3. The van der Waals surface area contributed by atoms with Crippen molar-refractivity contribution in [2.24, 2.45) is 5.73 Å². The number of likely N-dealkylation sites (tertiary alicyclic amines) is 1. The molecule has 2 heterocycles. The summed E-state index contributed by atoms with van der Waals surface area (Å²) in [6.45, 7) is -0.694. The van der Waals surface area contributed by atoms with Crippen molar-refractivity contribution in [2.75, 3.05) is 13.2 Å². The van der Waals surface area contributed by atoms with Crippen LogP contribution in [0, 0.1) is 0 Å². The Kier molecular flexibility index (Phi) is 11.6. The fraction of sp³-hybridized carbons (Fsp3) is 0.400. The Bertz CT molecular complexity index is 1590. The Balaban J connectivity index is 1.39. The first-order valence-corrected chi connectivity index (χ1v) is 14.8. The average Bonchev–Trinajstić information content (AvgIpc) is 3.07. The van der Waals surface area contributed by atoms with Crippen LogP contribution in [0.3, 0.4) is 0 Å². The zero-order valence-corrected chi connectivity index (χ0v) is 25.8. The molecule has 0 aliphatic carbocycles. The molecule has 0 aromatic heterocycles. The highest BCUT2D eigenvalue weighted by Gasteiger charge is 2.57. The fourth-order valence-electron chi connectivity index (χ4n) is 5.15. The summed E-state index contributed by atoms with van der Waals surface area (Å²) in [5.74, 6) is -6.31. The van der Waals surface area contributed by atoms with Gasteiger partial charge in [0.15, 0.2) is 12.1 Å². The molecule has 11 N–H and O–H groups in total. The van der Waals surface area contributed by atoms with Gasteiger partial charge in [0.1, 0.15) is 41.9 Å². The van der Waals surface area contributed by atoms with E-state index in [-0.39, 0.29) is 36.3 Å². The lowest BCUT2D eigenvalue weighted by molar-refractivity contribution is -0.271. The zero-order chi connectivity index (χ0) is 36.9. The lowest BCUT2D eigenvalue weighted by atomic mass is 9.94. The Labute approximate surface area is 281 Å². The molecule has 3 amide bonds. The normalized spacial score (nSPS) is 26.4. The lowest BCUT2D eigenvalue weighted by Crippen LogP contribution is -2.75. The van der Waals surface area contributed by atoms with Gasteiger partial charge in [-0.05, 0) is 35.4 Å². The molecular weight excluding hydrogens is 672 g/mol. The molecule has 2 aliphatic heterocycles. The van der Waals surface area contributed by atoms with Crippen LogP contribution in [0.2, 0.25) is 0 Å². The first kappa shape index (κ1) is 37.4. The third-order valence-electron chi connectivity index (χ3n) is 7.88. The van der Waals surface area contributed by atoms with Gasteiger partial charge in [-0.25, -0.2) is 9.59 Å². The number of β-amino-alcohol motifs (C(OH)–C–C–N with tert-alkyl or cyclic N) is 1. The predicted molar refractivity (Wildman–Crippen MR) is 161 cm³/mol. The number of nitrogens with two attached hydrogens (primary N) is 1. The largest absolute Gasteiger partial charge is 0.494 e. The summed E-state index contributed by atoms with van der Waals surface area (Å²) in [7, 11) is 0. The molecule has 2 aliphatic rings. The molecule has 0 spiro atoms. The first-order valence-electron chi connectivity index (χ1n) is 14.8. The highest BCUT2D eigenvalue weighted by atomic mass is 16.7. The Hall–Kier alpha value is -5.38. The van der Waals surface area contributed by atoms with Gasteiger partial charge >= 0.3 is 17.9 Å². The number of carboxylic acids is 3. The molecule has 9 atom stereocenters. The molecule has 270 valence electrons. The lowest BCUT2D eigenvalue weighted by Gasteiger charge is -2.47. The van der Waals surface area contributed by atoms with Crippen LogP contribution in [0.5, 0.6) is 11.5 Å². The number of nitrogens with zero attached hydrogens (tertiary/aromatic N) is 1. The van der Waals surface area contributed by atoms with Crippen LogP contribution in [0.1, 0.15) is 29.6 Å². The maximum absolute atomic E-state index is 13.1. The molecule has 20 nitrogen and oxygen atoms in total. The zero-order valence-electron chi connectivity index (χ0n) is 25.8. The van der Waals surface area contributed by atoms with Crippen molar-refractivity contribution < 1.29 is 78.7 Å². The van der Waals surface area contributed by atoms with Crippen LogP contribution in [-0.2, 0) is 33.5 Å². The minimum absolute atomic E-state index is 0.00306. The molecular formula is C30H34N4O16. The molecule has 2 fully saturated rings. The molecule has 2 aromatic carbocycles. The van der Waals surface area contributed by atoms with E-state index in [1.54, 1.807) is 0 Å². The predicted octanol–water partition coefficient (Wildman–Crippen LogP) is -3.60. The molecule has 20 heteroatoms. The number of nitrogens with one attached hydrogen (secondary N) is 2. The van der Waals surface area contributed by atoms with E-state index in [4.69, 9.17) is 25.1 Å². The maximum atomic E-state index is 13.1. The van der Waals surface area contributed by atoms with Crippen LogP contribution in [0.25, 0.3) is 0 Å². The molecule has 0 saturated carbocycles. The summed E-state index contributed by atoms with van der Waals surface area (Å²) >= 11 is 0. The summed E-state index contributed by atoms with van der Waals surface area (Å²) in [6.07, 6.45) is -9.13. The van der Waals surface area contributed by atoms with E-state index in [1.165, 1.54) is 48.5 Å². The van der Waals surface area contributed by atoms with Crippen molar-refractivity contribution in [1.29, 1.82) is 0 Å². The average molecular weight is 707 g/mol. The van der Waals surface area contributed by atoms with Gasteiger partial charge in [-0.1, -0.05) is 24.3 Å². The van der Waals surface area contributed by atoms with Crippen molar-refractivity contribution in [3.8, 4) is 11.5 Å². The topological polar surface area (TPSA) is 325 Å². The number of benzene rings is 2. The molecule has 50 heavy (non-hydrogen) atoms. The number of aliphatic carboxylic acids is 3. The summed E-state index contributed by atoms with van der Waals surface area (Å²) in [4.78, 5) is 72.6. The SMILES string of the molecule is NC(CCOc1ccc(C(NC=O)C(=O)NC2(O)CN(C(C(=O)O)c3ccc(OC4OC(C(=O)O)C(O)C(O)C4O)cc3)C2=O)cc1)C(=O)O. The molecule has 4 rings (SSSR count). The number of carbonyl (C=O) groups is 6. The van der Waals surface area contributed by atoms with Gasteiger partial charge in [-0.2, -0.15) is 0 Å². The molecule has 0 bridgehead atoms. The second kappa shape index (κ2) is 15.4. The van der Waals surface area contributed by atoms with E-state index in [9.17, 15) is 59.4 Å². The summed E-state index contributed by atoms with van der Waals surface area (Å²) in [6, 6.07) is 6.29. The monoisotopic (exact) mass is 706 g/mol. The van der Waals surface area contributed by atoms with E-state index in [0.29, 0.717) is 5.75 Å². The van der Waals surface area contributed by atoms with Crippen molar-refractivity contribution in [3.63, 3.8) is 0 Å². The third-order valence-corrected chi connectivity index (χ3v) is 7.88. The van der Waals surface area contributed by atoms with Gasteiger partial charge in [0.25, 0.3) is 5.91 Å². The molecule has 0 radical (unpaired) electrons. The van der Waals surface area contributed by atoms with Crippen LogP contribution < -0.4 is 25.8 Å². The fourth-order valence-corrected chi connectivity index (χ4v) is 5.15. The number of carboxylic acid groups (broad SMARTS) is 3. The van der Waals surface area contributed by atoms with Crippen LogP contribution in [0.4, 0.5) is 0 Å². The standard InChI is InChI=1S/C30H34N4O16/c31-17(25(40)41)9-10-48-15-5-1-13(2-6-15)18(32-12-35)24(39)33-30(47)11-34(29(30)46)19(26(42)43)14-3-7-16(8-4-14)49-28-22(38)20(36)21(37)23(50-28)27(44)45/h1-8,12,17-23,28,36-38,47H,9-11,31H2,(H,32,35)(H,33,39)(H,40,41)(H,42,43)(H,44,45). The number of hydrogen-bond acceptors (Lipinski definition) is 14. The van der Waals surface area contributed by atoms with Crippen molar-refractivity contribution in [2.45, 2.75) is 61.0 Å². The van der Waals surface area contributed by atoms with E-state index < -0.39 is 90.8 Å². The van der Waals surface area contributed by atoms with E-state index in [2.05, 4.69) is 10.6 Å². The number of carbonyl (C=O) groups excluding carboxylic acids is 3. The van der Waals surface area contributed by atoms with Crippen LogP contribution in [0.15, 0.2) is 48.5 Å². The Morgan fingerprint density at radius 3 is 2.08 bits per heavy atom. The van der Waals surface area contributed by atoms with Crippen molar-refractivity contribution in [3.05, 3.63) is 59.7 Å². The second-order valence-corrected chi connectivity index (χ2v) is 11.3. The van der Waals surface area contributed by atoms with E-state index in [0.717, 1.165) is 4.90 Å². The Morgan fingerprint density at radius 1 is 0.940 bits per heavy atom. The molecule has 2 aromatic rings. The number of β-lactam (4-membered cyclic amide) rings is 1. The van der Waals surface area contributed by atoms with Crippen molar-refractivity contribution in [1.82, 2.24) is 15.5 Å². The third kappa shape index (κ3) is 8.07. The van der Waals surface area contributed by atoms with Gasteiger partial charge in [0.2, 0.25) is 24.3 Å². The minimum Gasteiger partial charge on any atom is -0.494 e. The van der Waals surface area contributed by atoms with Gasteiger partial charge < -0.3 is 71.2 Å². The number of ether oxygens (including phenoxy) is 3. The number of rotatable bonds is 16. The molecule has 2 saturated heterocycles. The summed E-state index contributed by atoms with van der Waals surface area (Å²) in [5, 5.41) is 73.2. The quantitative estimate of drug-likeness (QED) is 0.0458. The van der Waals surface area contributed by atoms with E-state index >= 15 is 0 Å². The summed E-state index contributed by atoms with van der Waals surface area (Å²) in [5.41, 5.74) is 3.10. The first-order chi connectivity index (χ1) is 23.6. The number of aliphatic hydroxyl groups is 4. The van der Waals surface area contributed by atoms with Gasteiger partial charge in [0.05, 0.1) is 13.2 Å². The second-order valence-electron chi connectivity index (χ2n) is 11.3. The van der Waals surface area contributed by atoms with Gasteiger partial charge in [-0.3, -0.25) is 19.2 Å². The highest BCUT2D eigenvalue weighted by molar-refractivity contribution is 5.99. The summed E-state index contributed by atoms with van der Waals surface area (Å²) < 4.78 is 15.9. The van der Waals surface area contributed by atoms with Crippen LogP contribution in [-0.4, -0.2) is 132 Å². The van der Waals surface area contributed by atoms with E-state index in [1.807, 2.05) is 0 Å². The number of hydrogen-bond donors (Lipinski definition) is 10. The Morgan fingerprint density at radius 2 is 1.54 bits per heavy atom. The highest BCUT2D eigenvalue weighted by Crippen LogP contribution is 2.34. The smallest absolute Gasteiger partial charge is 0.335 e. The molecule has 9 unspecified atom stereocenters. The number of amides is 3. The minimum atomic E-state index is -2.54. The van der Waals surface area contributed by atoms with Gasteiger partial charge in [-0.15, -0.1) is 0 Å². The van der Waals surface area contributed by atoms with Crippen molar-refractivity contribution >= 4 is 36.1 Å². The maximum Gasteiger partial charge on any atom is 0.335 e. The van der Waals surface area contributed by atoms with Crippen LogP contribution >= 0.6 is 0 Å².